The van der Waals surface area contributed by atoms with Crippen LogP contribution in [-0.4, -0.2) is 13.7 Å². The third-order valence-corrected chi connectivity index (χ3v) is 2.33. The van der Waals surface area contributed by atoms with Crippen molar-refractivity contribution in [2.24, 2.45) is 0 Å². The SMILES string of the molecule is C=CC/C=C/CCOCc1ccc(OC)cc1. The molecule has 0 aliphatic heterocycles. The smallest absolute Gasteiger partial charge is 0.118 e. The lowest BCUT2D eigenvalue weighted by molar-refractivity contribution is 0.125. The van der Waals surface area contributed by atoms with E-state index >= 15 is 0 Å². The van der Waals surface area contributed by atoms with Gasteiger partial charge in [-0.05, 0) is 30.5 Å². The largest absolute Gasteiger partial charge is 0.497 e. The monoisotopic (exact) mass is 232 g/mol. The molecule has 0 saturated heterocycles. The van der Waals surface area contributed by atoms with Crippen molar-refractivity contribution in [2.45, 2.75) is 19.4 Å². The van der Waals surface area contributed by atoms with E-state index in [2.05, 4.69) is 18.7 Å². The van der Waals surface area contributed by atoms with Gasteiger partial charge in [-0.15, -0.1) is 6.58 Å². The van der Waals surface area contributed by atoms with Gasteiger partial charge in [0.25, 0.3) is 0 Å². The summed E-state index contributed by atoms with van der Waals surface area (Å²) >= 11 is 0. The highest BCUT2D eigenvalue weighted by Crippen LogP contribution is 2.11. The molecular formula is C15H20O2. The van der Waals surface area contributed by atoms with Crippen molar-refractivity contribution in [3.63, 3.8) is 0 Å². The number of ether oxygens (including phenoxy) is 2. The average molecular weight is 232 g/mol. The number of hydrogen-bond acceptors (Lipinski definition) is 2. The molecular weight excluding hydrogens is 212 g/mol. The van der Waals surface area contributed by atoms with Gasteiger partial charge in [0.1, 0.15) is 5.75 Å². The topological polar surface area (TPSA) is 18.5 Å². The van der Waals surface area contributed by atoms with E-state index in [9.17, 15) is 0 Å². The highest BCUT2D eigenvalue weighted by molar-refractivity contribution is 5.26. The van der Waals surface area contributed by atoms with Gasteiger partial charge in [0.05, 0.1) is 20.3 Å². The molecule has 0 N–H and O–H groups in total. The molecule has 0 spiro atoms. The maximum Gasteiger partial charge on any atom is 0.118 e. The van der Waals surface area contributed by atoms with Gasteiger partial charge in [0.2, 0.25) is 0 Å². The van der Waals surface area contributed by atoms with Gasteiger partial charge in [-0.2, -0.15) is 0 Å². The van der Waals surface area contributed by atoms with Crippen molar-refractivity contribution < 1.29 is 9.47 Å². The Hall–Kier alpha value is -1.54. The summed E-state index contributed by atoms with van der Waals surface area (Å²) in [6.07, 6.45) is 7.98. The fourth-order valence-corrected chi connectivity index (χ4v) is 1.37. The molecule has 0 radical (unpaired) electrons. The summed E-state index contributed by atoms with van der Waals surface area (Å²) in [5, 5.41) is 0. The summed E-state index contributed by atoms with van der Waals surface area (Å²) in [6, 6.07) is 7.93. The van der Waals surface area contributed by atoms with Gasteiger partial charge >= 0.3 is 0 Å². The molecule has 0 heterocycles. The number of rotatable bonds is 8. The van der Waals surface area contributed by atoms with Gasteiger partial charge in [0, 0.05) is 0 Å². The van der Waals surface area contributed by atoms with Crippen LogP contribution in [0.25, 0.3) is 0 Å². The summed E-state index contributed by atoms with van der Waals surface area (Å²) in [7, 11) is 1.67. The second kappa shape index (κ2) is 8.59. The standard InChI is InChI=1S/C15H20O2/c1-3-4-5-6-7-12-17-13-14-8-10-15(16-2)11-9-14/h3,5-6,8-11H,1,4,7,12-13H2,2H3/b6-5+. The Bertz CT molecular complexity index is 338. The van der Waals surface area contributed by atoms with Crippen LogP contribution in [0, 0.1) is 0 Å². The zero-order valence-corrected chi connectivity index (χ0v) is 10.4. The summed E-state index contributed by atoms with van der Waals surface area (Å²) < 4.78 is 10.6. The molecule has 0 atom stereocenters. The molecule has 0 amide bonds. The number of hydrogen-bond donors (Lipinski definition) is 0. The first-order valence-corrected chi connectivity index (χ1v) is 5.83. The van der Waals surface area contributed by atoms with Gasteiger partial charge in [-0.3, -0.25) is 0 Å². The Balaban J connectivity index is 2.15. The minimum Gasteiger partial charge on any atom is -0.497 e. The van der Waals surface area contributed by atoms with Gasteiger partial charge in [-0.25, -0.2) is 0 Å². The first-order chi connectivity index (χ1) is 8.36. The molecule has 0 bridgehead atoms. The second-order valence-corrected chi connectivity index (χ2v) is 3.69. The predicted molar refractivity (Wildman–Crippen MR) is 71.2 cm³/mol. The van der Waals surface area contributed by atoms with Crippen LogP contribution in [0.3, 0.4) is 0 Å². The summed E-state index contributed by atoms with van der Waals surface area (Å²) in [5.74, 6) is 0.876. The molecule has 2 nitrogen and oxygen atoms in total. The molecule has 0 unspecified atom stereocenters. The van der Waals surface area contributed by atoms with Crippen LogP contribution in [0.5, 0.6) is 5.75 Å². The van der Waals surface area contributed by atoms with Crippen LogP contribution in [0.1, 0.15) is 18.4 Å². The molecule has 0 aliphatic carbocycles. The van der Waals surface area contributed by atoms with E-state index in [1.165, 1.54) is 5.56 Å². The minimum atomic E-state index is 0.652. The highest BCUT2D eigenvalue weighted by Gasteiger charge is 1.94. The normalized spacial score (nSPS) is 10.6. The second-order valence-electron chi connectivity index (χ2n) is 3.69. The van der Waals surface area contributed by atoms with Gasteiger partial charge in [-0.1, -0.05) is 30.4 Å². The molecule has 1 rings (SSSR count). The predicted octanol–water partition coefficient (Wildman–Crippen LogP) is 3.73. The Labute approximate surface area is 104 Å². The fraction of sp³-hybridized carbons (Fsp3) is 0.333. The minimum absolute atomic E-state index is 0.652. The Morgan fingerprint density at radius 2 is 1.94 bits per heavy atom. The van der Waals surface area contributed by atoms with Crippen LogP contribution >= 0.6 is 0 Å². The van der Waals surface area contributed by atoms with Crippen LogP contribution in [0.2, 0.25) is 0 Å². The van der Waals surface area contributed by atoms with E-state index in [4.69, 9.17) is 9.47 Å². The maximum absolute atomic E-state index is 5.56. The van der Waals surface area contributed by atoms with Crippen molar-refractivity contribution in [3.8, 4) is 5.75 Å². The third-order valence-electron chi connectivity index (χ3n) is 2.33. The maximum atomic E-state index is 5.56. The Morgan fingerprint density at radius 1 is 1.18 bits per heavy atom. The van der Waals surface area contributed by atoms with Crippen molar-refractivity contribution in [1.29, 1.82) is 0 Å². The number of methoxy groups -OCH3 is 1. The molecule has 92 valence electrons. The van der Waals surface area contributed by atoms with E-state index in [1.807, 2.05) is 30.3 Å². The van der Waals surface area contributed by atoms with Crippen LogP contribution < -0.4 is 4.74 Å². The number of allylic oxidation sites excluding steroid dienone is 2. The van der Waals surface area contributed by atoms with Gasteiger partial charge < -0.3 is 9.47 Å². The summed E-state index contributed by atoms with van der Waals surface area (Å²) in [6.45, 7) is 5.06. The molecule has 1 aromatic rings. The first kappa shape index (κ1) is 13.5. The third kappa shape index (κ3) is 5.93. The van der Waals surface area contributed by atoms with Crippen molar-refractivity contribution in [3.05, 3.63) is 54.6 Å². The molecule has 0 aromatic heterocycles. The Kier molecular flexibility index (Phi) is 6.84. The molecule has 0 aliphatic rings. The average Bonchev–Trinajstić information content (AvgIpc) is 2.38. The quantitative estimate of drug-likeness (QED) is 0.502. The van der Waals surface area contributed by atoms with Crippen molar-refractivity contribution >= 4 is 0 Å². The lowest BCUT2D eigenvalue weighted by atomic mass is 10.2. The van der Waals surface area contributed by atoms with Gasteiger partial charge in [0.15, 0.2) is 0 Å². The van der Waals surface area contributed by atoms with E-state index in [1.54, 1.807) is 7.11 Å². The molecule has 2 heteroatoms. The van der Waals surface area contributed by atoms with E-state index < -0.39 is 0 Å². The summed E-state index contributed by atoms with van der Waals surface area (Å²) in [4.78, 5) is 0. The zero-order valence-electron chi connectivity index (χ0n) is 10.4. The van der Waals surface area contributed by atoms with E-state index in [0.717, 1.165) is 25.2 Å². The van der Waals surface area contributed by atoms with E-state index in [-0.39, 0.29) is 0 Å². The van der Waals surface area contributed by atoms with Crippen molar-refractivity contribution in [2.75, 3.05) is 13.7 Å². The summed E-state index contributed by atoms with van der Waals surface area (Å²) in [5.41, 5.74) is 1.17. The zero-order chi connectivity index (χ0) is 12.3. The Morgan fingerprint density at radius 3 is 2.59 bits per heavy atom. The van der Waals surface area contributed by atoms with Crippen LogP contribution in [0.15, 0.2) is 49.1 Å². The van der Waals surface area contributed by atoms with Crippen LogP contribution in [-0.2, 0) is 11.3 Å². The lowest BCUT2D eigenvalue weighted by Gasteiger charge is -2.04. The molecule has 0 saturated carbocycles. The molecule has 1 aromatic carbocycles. The molecule has 0 fully saturated rings. The lowest BCUT2D eigenvalue weighted by Crippen LogP contribution is -1.94. The fourth-order valence-electron chi connectivity index (χ4n) is 1.37. The highest BCUT2D eigenvalue weighted by atomic mass is 16.5. The number of benzene rings is 1. The first-order valence-electron chi connectivity index (χ1n) is 5.83. The van der Waals surface area contributed by atoms with E-state index in [0.29, 0.717) is 6.61 Å². The van der Waals surface area contributed by atoms with Crippen molar-refractivity contribution in [1.82, 2.24) is 0 Å². The molecule has 17 heavy (non-hydrogen) atoms. The van der Waals surface area contributed by atoms with Crippen LogP contribution in [0.4, 0.5) is 0 Å².